The zero-order chi connectivity index (χ0) is 13.0. The number of aromatic nitrogens is 2. The van der Waals surface area contributed by atoms with Crippen LogP contribution >= 0.6 is 11.8 Å². The lowest BCUT2D eigenvalue weighted by atomic mass is 10.1. The lowest BCUT2D eigenvalue weighted by molar-refractivity contribution is 0.256. The molecular formula is C12H18N4OS. The second-order valence-corrected chi connectivity index (χ2v) is 5.94. The molecule has 2 heterocycles. The zero-order valence-electron chi connectivity index (χ0n) is 10.8. The number of rotatable bonds is 4. The third kappa shape index (κ3) is 3.24. The van der Waals surface area contributed by atoms with Crippen molar-refractivity contribution in [1.29, 1.82) is 5.26 Å². The highest BCUT2D eigenvalue weighted by Crippen LogP contribution is 2.26. The predicted molar refractivity (Wildman–Crippen MR) is 70.1 cm³/mol. The quantitative estimate of drug-likeness (QED) is 0.829. The highest BCUT2D eigenvalue weighted by Gasteiger charge is 2.25. The lowest BCUT2D eigenvalue weighted by Gasteiger charge is -2.29. The van der Waals surface area contributed by atoms with E-state index in [2.05, 4.69) is 28.2 Å². The topological polar surface area (TPSA) is 66.0 Å². The van der Waals surface area contributed by atoms with Crippen LogP contribution < -0.4 is 0 Å². The van der Waals surface area contributed by atoms with E-state index < -0.39 is 0 Å². The van der Waals surface area contributed by atoms with E-state index in [1.54, 1.807) is 0 Å². The summed E-state index contributed by atoms with van der Waals surface area (Å²) in [4.78, 5) is 6.73. The molecule has 1 saturated heterocycles. The first-order chi connectivity index (χ1) is 8.70. The van der Waals surface area contributed by atoms with Gasteiger partial charge < -0.3 is 4.52 Å². The number of hydrogen-bond acceptors (Lipinski definition) is 6. The van der Waals surface area contributed by atoms with Crippen molar-refractivity contribution in [3.05, 3.63) is 11.7 Å². The van der Waals surface area contributed by atoms with Crippen LogP contribution in [0.1, 0.15) is 31.1 Å². The van der Waals surface area contributed by atoms with Crippen molar-refractivity contribution in [2.75, 3.05) is 25.1 Å². The Bertz CT molecular complexity index is 428. The molecule has 1 aromatic rings. The summed E-state index contributed by atoms with van der Waals surface area (Å²) in [5, 5.41) is 12.7. The summed E-state index contributed by atoms with van der Waals surface area (Å²) in [6, 6.07) is 2.42. The summed E-state index contributed by atoms with van der Waals surface area (Å²) in [7, 11) is 2.10. The van der Waals surface area contributed by atoms with Gasteiger partial charge in [0.2, 0.25) is 5.89 Å². The van der Waals surface area contributed by atoms with Crippen LogP contribution in [-0.4, -0.2) is 40.1 Å². The predicted octanol–water partition coefficient (Wildman–Crippen LogP) is 1.88. The maximum atomic E-state index is 8.63. The minimum Gasteiger partial charge on any atom is -0.339 e. The van der Waals surface area contributed by atoms with Crippen molar-refractivity contribution >= 4 is 11.8 Å². The van der Waals surface area contributed by atoms with Crippen LogP contribution in [0.2, 0.25) is 0 Å². The molecule has 0 aromatic carbocycles. The van der Waals surface area contributed by atoms with Crippen molar-refractivity contribution in [2.24, 2.45) is 5.92 Å². The maximum Gasteiger partial charge on any atom is 0.227 e. The molecule has 1 aliphatic heterocycles. The molecule has 18 heavy (non-hydrogen) atoms. The van der Waals surface area contributed by atoms with Gasteiger partial charge in [0, 0.05) is 30.9 Å². The summed E-state index contributed by atoms with van der Waals surface area (Å²) in [6.45, 7) is 3.08. The highest BCUT2D eigenvalue weighted by molar-refractivity contribution is 7.99. The number of hydrogen-bond donors (Lipinski definition) is 0. The van der Waals surface area contributed by atoms with Gasteiger partial charge in [0.1, 0.15) is 0 Å². The third-order valence-corrected chi connectivity index (χ3v) is 4.16. The molecule has 2 unspecified atom stereocenters. The molecule has 1 aliphatic rings. The Morgan fingerprint density at radius 2 is 2.50 bits per heavy atom. The van der Waals surface area contributed by atoms with E-state index in [1.807, 2.05) is 18.7 Å². The van der Waals surface area contributed by atoms with E-state index in [0.29, 0.717) is 18.7 Å². The van der Waals surface area contributed by atoms with E-state index >= 15 is 0 Å². The Kier molecular flexibility index (Phi) is 4.61. The van der Waals surface area contributed by atoms with Gasteiger partial charge in [-0.3, -0.25) is 4.90 Å². The van der Waals surface area contributed by atoms with Crippen molar-refractivity contribution in [2.45, 2.75) is 25.8 Å². The summed E-state index contributed by atoms with van der Waals surface area (Å²) in [6.07, 6.45) is 1.21. The molecule has 0 N–H and O–H groups in total. The van der Waals surface area contributed by atoms with Gasteiger partial charge in [0.15, 0.2) is 5.82 Å². The van der Waals surface area contributed by atoms with Crippen molar-refractivity contribution < 1.29 is 4.52 Å². The van der Waals surface area contributed by atoms with Crippen LogP contribution in [0.15, 0.2) is 4.52 Å². The lowest BCUT2D eigenvalue weighted by Crippen LogP contribution is -2.33. The monoisotopic (exact) mass is 266 g/mol. The minimum absolute atomic E-state index is 0.257. The summed E-state index contributed by atoms with van der Waals surface area (Å²) in [5.74, 6) is 3.88. The average Bonchev–Trinajstić information content (AvgIpc) is 2.78. The Labute approximate surface area is 112 Å². The molecule has 0 bridgehead atoms. The van der Waals surface area contributed by atoms with Gasteiger partial charge in [0.25, 0.3) is 0 Å². The van der Waals surface area contributed by atoms with Gasteiger partial charge >= 0.3 is 0 Å². The fraction of sp³-hybridized carbons (Fsp3) is 0.750. The maximum absolute atomic E-state index is 8.63. The van der Waals surface area contributed by atoms with E-state index in [-0.39, 0.29) is 12.0 Å². The van der Waals surface area contributed by atoms with Crippen LogP contribution in [-0.2, 0) is 6.42 Å². The second-order valence-electron chi connectivity index (χ2n) is 4.79. The third-order valence-electron chi connectivity index (χ3n) is 3.14. The largest absolute Gasteiger partial charge is 0.339 e. The second kappa shape index (κ2) is 6.21. The first-order valence-electron chi connectivity index (χ1n) is 6.18. The molecule has 98 valence electrons. The van der Waals surface area contributed by atoms with Gasteiger partial charge in [0.05, 0.1) is 12.1 Å². The minimum atomic E-state index is 0.257. The normalized spacial score (nSPS) is 22.6. The summed E-state index contributed by atoms with van der Waals surface area (Å²) in [5.41, 5.74) is 0. The average molecular weight is 266 g/mol. The molecule has 0 amide bonds. The van der Waals surface area contributed by atoms with Gasteiger partial charge in [-0.15, -0.1) is 0 Å². The van der Waals surface area contributed by atoms with Gasteiger partial charge in [-0.1, -0.05) is 12.1 Å². The van der Waals surface area contributed by atoms with E-state index in [1.165, 1.54) is 0 Å². The van der Waals surface area contributed by atoms with Crippen molar-refractivity contribution in [1.82, 2.24) is 15.0 Å². The van der Waals surface area contributed by atoms with Crippen molar-refractivity contribution in [3.63, 3.8) is 0 Å². The van der Waals surface area contributed by atoms with Crippen molar-refractivity contribution in [3.8, 4) is 6.07 Å². The number of thioether (sulfide) groups is 1. The molecule has 1 fully saturated rings. The summed E-state index contributed by atoms with van der Waals surface area (Å²) < 4.78 is 5.28. The Balaban J connectivity index is 1.99. The molecule has 5 nitrogen and oxygen atoms in total. The fourth-order valence-electron chi connectivity index (χ4n) is 1.97. The van der Waals surface area contributed by atoms with Crippen LogP contribution in [0.3, 0.4) is 0 Å². The Hall–Kier alpha value is -1.06. The standard InChI is InChI=1S/C12H18N4OS/c1-9(3-4-13)7-11-14-12(15-17-11)10-8-18-6-5-16(10)2/h9-10H,3,5-8H2,1-2H3. The smallest absolute Gasteiger partial charge is 0.227 e. The first-order valence-corrected chi connectivity index (χ1v) is 7.33. The van der Waals surface area contributed by atoms with Gasteiger partial charge in [-0.05, 0) is 13.0 Å². The summed E-state index contributed by atoms with van der Waals surface area (Å²) >= 11 is 1.93. The van der Waals surface area contributed by atoms with Crippen LogP contribution in [0.4, 0.5) is 0 Å². The molecule has 2 atom stereocenters. The van der Waals surface area contributed by atoms with E-state index in [4.69, 9.17) is 9.78 Å². The Morgan fingerprint density at radius 3 is 3.22 bits per heavy atom. The number of nitriles is 1. The molecule has 1 aromatic heterocycles. The molecule has 0 spiro atoms. The number of nitrogens with zero attached hydrogens (tertiary/aromatic N) is 4. The van der Waals surface area contributed by atoms with E-state index in [9.17, 15) is 0 Å². The highest BCUT2D eigenvalue weighted by atomic mass is 32.2. The van der Waals surface area contributed by atoms with Gasteiger partial charge in [-0.2, -0.15) is 22.0 Å². The molecule has 6 heteroatoms. The molecule has 0 radical (unpaired) electrons. The molecular weight excluding hydrogens is 248 g/mol. The first kappa shape index (κ1) is 13.4. The SMILES string of the molecule is CC(CC#N)Cc1nc(C2CSCCN2C)no1. The molecule has 0 saturated carbocycles. The van der Waals surface area contributed by atoms with E-state index in [0.717, 1.165) is 23.9 Å². The fourth-order valence-corrected chi connectivity index (χ4v) is 3.18. The zero-order valence-corrected chi connectivity index (χ0v) is 11.6. The van der Waals surface area contributed by atoms with Gasteiger partial charge in [-0.25, -0.2) is 0 Å². The molecule has 0 aliphatic carbocycles. The molecule has 2 rings (SSSR count). The van der Waals surface area contributed by atoms with Crippen LogP contribution in [0.5, 0.6) is 0 Å². The Morgan fingerprint density at radius 1 is 1.67 bits per heavy atom. The van der Waals surface area contributed by atoms with Crippen LogP contribution in [0, 0.1) is 17.2 Å². The van der Waals surface area contributed by atoms with Crippen LogP contribution in [0.25, 0.3) is 0 Å².